The maximum atomic E-state index is 12.8. The predicted molar refractivity (Wildman–Crippen MR) is 124 cm³/mol. The normalized spacial score (nSPS) is 11.0. The Balaban J connectivity index is 1.52. The van der Waals surface area contributed by atoms with E-state index in [0.717, 1.165) is 21.6 Å². The molecule has 0 aliphatic carbocycles. The second-order valence-electron chi connectivity index (χ2n) is 6.97. The van der Waals surface area contributed by atoms with E-state index in [-0.39, 0.29) is 17.2 Å². The van der Waals surface area contributed by atoms with Crippen molar-refractivity contribution in [2.24, 2.45) is 0 Å². The van der Waals surface area contributed by atoms with Crippen LogP contribution in [0.4, 0.5) is 0 Å². The third-order valence-electron chi connectivity index (χ3n) is 4.80. The van der Waals surface area contributed by atoms with Crippen LogP contribution < -0.4 is 5.56 Å². The van der Waals surface area contributed by atoms with Crippen molar-refractivity contribution >= 4 is 39.2 Å². The number of nitrogens with zero attached hydrogens (tertiary/aromatic N) is 2. The maximum absolute atomic E-state index is 12.8. The lowest BCUT2D eigenvalue weighted by Crippen LogP contribution is -2.27. The highest BCUT2D eigenvalue weighted by Crippen LogP contribution is 2.35. The Hall–Kier alpha value is -2.90. The lowest BCUT2D eigenvalue weighted by atomic mass is 10.0. The van der Waals surface area contributed by atoms with Crippen molar-refractivity contribution in [1.29, 1.82) is 0 Å². The molecule has 2 aromatic carbocycles. The molecule has 7 heteroatoms. The van der Waals surface area contributed by atoms with E-state index >= 15 is 0 Å². The summed E-state index contributed by atoms with van der Waals surface area (Å²) in [7, 11) is 1.78. The number of hydrogen-bond acceptors (Lipinski definition) is 5. The van der Waals surface area contributed by atoms with Crippen LogP contribution in [0.5, 0.6) is 0 Å². The highest BCUT2D eigenvalue weighted by molar-refractivity contribution is 7.99. The molecule has 0 fully saturated rings. The number of hydrogen-bond donors (Lipinski definition) is 1. The lowest BCUT2D eigenvalue weighted by molar-refractivity contribution is -0.127. The molecule has 30 heavy (non-hydrogen) atoms. The quantitative estimate of drug-likeness (QED) is 0.352. The van der Waals surface area contributed by atoms with E-state index in [1.165, 1.54) is 23.1 Å². The third kappa shape index (κ3) is 4.32. The zero-order valence-electron chi connectivity index (χ0n) is 16.7. The number of thioether (sulfide) groups is 1. The number of carbonyl (C=O) groups is 1. The summed E-state index contributed by atoms with van der Waals surface area (Å²) in [5.74, 6) is 0.201. The zero-order chi connectivity index (χ0) is 21.1. The summed E-state index contributed by atoms with van der Waals surface area (Å²) in [5, 5.41) is 1.08. The zero-order valence-corrected chi connectivity index (χ0v) is 18.3. The highest BCUT2D eigenvalue weighted by atomic mass is 32.2. The molecular formula is C23H21N3O2S2. The van der Waals surface area contributed by atoms with Crippen LogP contribution in [0.3, 0.4) is 0 Å². The number of thiophene rings is 1. The van der Waals surface area contributed by atoms with Crippen molar-refractivity contribution in [2.45, 2.75) is 18.6 Å². The number of H-pyrrole nitrogens is 1. The molecule has 1 N–H and O–H groups in total. The molecule has 0 saturated heterocycles. The largest absolute Gasteiger partial charge is 0.341 e. The third-order valence-corrected chi connectivity index (χ3v) is 6.66. The van der Waals surface area contributed by atoms with E-state index in [1.807, 2.05) is 67.6 Å². The molecular weight excluding hydrogens is 414 g/mol. The van der Waals surface area contributed by atoms with Gasteiger partial charge >= 0.3 is 0 Å². The van der Waals surface area contributed by atoms with Crippen LogP contribution in [0.15, 0.2) is 70.6 Å². The number of carbonyl (C=O) groups excluding carboxylic acids is 1. The van der Waals surface area contributed by atoms with Crippen molar-refractivity contribution in [1.82, 2.24) is 14.9 Å². The van der Waals surface area contributed by atoms with Crippen LogP contribution in [0.25, 0.3) is 21.3 Å². The first-order valence-corrected chi connectivity index (χ1v) is 11.3. The van der Waals surface area contributed by atoms with Crippen LogP contribution in [0.1, 0.15) is 10.4 Å². The number of aromatic nitrogens is 2. The van der Waals surface area contributed by atoms with E-state index < -0.39 is 0 Å². The molecule has 4 rings (SSSR count). The Morgan fingerprint density at radius 3 is 2.47 bits per heavy atom. The molecule has 152 valence electrons. The van der Waals surface area contributed by atoms with Gasteiger partial charge in [-0.3, -0.25) is 9.59 Å². The first-order chi connectivity index (χ1) is 14.5. The lowest BCUT2D eigenvalue weighted by Gasteiger charge is -2.16. The Morgan fingerprint density at radius 2 is 1.77 bits per heavy atom. The van der Waals surface area contributed by atoms with Crippen LogP contribution >= 0.6 is 23.1 Å². The topological polar surface area (TPSA) is 66.1 Å². The van der Waals surface area contributed by atoms with Gasteiger partial charge in [-0.05, 0) is 18.1 Å². The van der Waals surface area contributed by atoms with E-state index in [0.29, 0.717) is 21.9 Å². The maximum Gasteiger partial charge on any atom is 0.260 e. The average Bonchev–Trinajstić information content (AvgIpc) is 3.09. The summed E-state index contributed by atoms with van der Waals surface area (Å²) in [6.45, 7) is 2.55. The monoisotopic (exact) mass is 435 g/mol. The van der Waals surface area contributed by atoms with Crippen molar-refractivity contribution < 1.29 is 4.79 Å². The van der Waals surface area contributed by atoms with Gasteiger partial charge in [0.2, 0.25) is 5.91 Å². The molecule has 2 aromatic heterocycles. The number of aromatic amines is 1. The summed E-state index contributed by atoms with van der Waals surface area (Å²) in [5.41, 5.74) is 2.84. The second-order valence-corrected chi connectivity index (χ2v) is 9.14. The van der Waals surface area contributed by atoms with Crippen LogP contribution in [-0.2, 0) is 11.3 Å². The molecule has 2 heterocycles. The number of benzene rings is 2. The molecule has 0 bridgehead atoms. The van der Waals surface area contributed by atoms with Gasteiger partial charge in [-0.1, -0.05) is 72.4 Å². The Bertz CT molecular complexity index is 1230. The average molecular weight is 436 g/mol. The number of fused-ring (bicyclic) bond motifs is 1. The van der Waals surface area contributed by atoms with Crippen molar-refractivity contribution in [3.8, 4) is 11.1 Å². The first-order valence-electron chi connectivity index (χ1n) is 9.52. The van der Waals surface area contributed by atoms with Gasteiger partial charge in [0.1, 0.15) is 4.83 Å². The van der Waals surface area contributed by atoms with E-state index in [2.05, 4.69) is 9.97 Å². The minimum absolute atomic E-state index is 0.0149. The van der Waals surface area contributed by atoms with Gasteiger partial charge in [0.05, 0.1) is 11.1 Å². The van der Waals surface area contributed by atoms with Crippen molar-refractivity contribution in [3.63, 3.8) is 0 Å². The molecule has 0 spiro atoms. The molecule has 0 unspecified atom stereocenters. The van der Waals surface area contributed by atoms with Gasteiger partial charge in [-0.15, -0.1) is 11.3 Å². The molecule has 0 aliphatic heterocycles. The van der Waals surface area contributed by atoms with Crippen molar-refractivity contribution in [2.75, 3.05) is 12.8 Å². The van der Waals surface area contributed by atoms with Gasteiger partial charge in [0.15, 0.2) is 5.16 Å². The van der Waals surface area contributed by atoms with E-state index in [9.17, 15) is 9.59 Å². The summed E-state index contributed by atoms with van der Waals surface area (Å²) in [6, 6.07) is 19.7. The first kappa shape index (κ1) is 20.4. The predicted octanol–water partition coefficient (Wildman–Crippen LogP) is 4.71. The second kappa shape index (κ2) is 8.85. The molecule has 5 nitrogen and oxygen atoms in total. The minimum Gasteiger partial charge on any atom is -0.341 e. The van der Waals surface area contributed by atoms with Crippen LogP contribution in [0.2, 0.25) is 0 Å². The van der Waals surface area contributed by atoms with E-state index in [1.54, 1.807) is 11.9 Å². The van der Waals surface area contributed by atoms with E-state index in [4.69, 9.17) is 0 Å². The molecule has 0 saturated carbocycles. The fourth-order valence-corrected chi connectivity index (χ4v) is 5.21. The number of amides is 1. The minimum atomic E-state index is -0.171. The Kier molecular flexibility index (Phi) is 6.01. The summed E-state index contributed by atoms with van der Waals surface area (Å²) in [4.78, 5) is 36.2. The van der Waals surface area contributed by atoms with Crippen LogP contribution in [-0.4, -0.2) is 33.6 Å². The van der Waals surface area contributed by atoms with Gasteiger partial charge in [0.25, 0.3) is 5.56 Å². The molecule has 0 atom stereocenters. The molecule has 1 amide bonds. The fraction of sp³-hybridized carbons (Fsp3) is 0.174. The smallest absolute Gasteiger partial charge is 0.260 e. The molecule has 0 radical (unpaired) electrons. The Labute approximate surface area is 182 Å². The molecule has 4 aromatic rings. The number of aryl methyl sites for hydroxylation is 1. The summed E-state index contributed by atoms with van der Waals surface area (Å²) >= 11 is 2.76. The standard InChI is InChI=1S/C23H21N3O2S2/c1-15-19(17-11-7-4-8-12-17)20-21(28)24-23(25-22(20)30-15)29-14-18(27)26(2)13-16-9-5-3-6-10-16/h3-12H,13-14H2,1-2H3,(H,24,25,28). The van der Waals surface area contributed by atoms with Gasteiger partial charge in [-0.2, -0.15) is 0 Å². The summed E-state index contributed by atoms with van der Waals surface area (Å²) < 4.78 is 0. The molecule has 0 aliphatic rings. The summed E-state index contributed by atoms with van der Waals surface area (Å²) in [6.07, 6.45) is 0. The van der Waals surface area contributed by atoms with Crippen LogP contribution in [0, 0.1) is 6.92 Å². The number of nitrogens with one attached hydrogen (secondary N) is 1. The Morgan fingerprint density at radius 1 is 1.10 bits per heavy atom. The van der Waals surface area contributed by atoms with Crippen molar-refractivity contribution in [3.05, 3.63) is 81.5 Å². The van der Waals surface area contributed by atoms with Gasteiger partial charge in [-0.25, -0.2) is 4.98 Å². The highest BCUT2D eigenvalue weighted by Gasteiger charge is 2.17. The number of rotatable bonds is 6. The van der Waals surface area contributed by atoms with Gasteiger partial charge < -0.3 is 9.88 Å². The fourth-order valence-electron chi connectivity index (χ4n) is 3.31. The SMILES string of the molecule is Cc1sc2nc(SCC(=O)N(C)Cc3ccccc3)[nH]c(=O)c2c1-c1ccccc1. The van der Waals surface area contributed by atoms with Gasteiger partial charge in [0, 0.05) is 24.0 Å².